The highest BCUT2D eigenvalue weighted by molar-refractivity contribution is 5.91. The summed E-state index contributed by atoms with van der Waals surface area (Å²) in [7, 11) is 3.21. The van der Waals surface area contributed by atoms with Gasteiger partial charge in [-0.05, 0) is 43.2 Å². The maximum atomic E-state index is 12.7. The zero-order valence-electron chi connectivity index (χ0n) is 15.5. The van der Waals surface area contributed by atoms with Gasteiger partial charge in [-0.1, -0.05) is 18.2 Å². The van der Waals surface area contributed by atoms with E-state index in [0.717, 1.165) is 18.4 Å². The highest BCUT2D eigenvalue weighted by Crippen LogP contribution is 2.38. The molecule has 27 heavy (non-hydrogen) atoms. The second-order valence-electron chi connectivity index (χ2n) is 6.30. The Balaban J connectivity index is 1.71. The standard InChI is InChI=1S/C21H23NO5/c1-25-16-10-11-19(26-2)17(13-16)18-9-6-12-22(18)20(23)14-27-21(24)15-7-4-3-5-8-15/h3-5,7-8,10-11,13,18H,6,9,12,14H2,1-2H3/t18-/m1/s1. The van der Waals surface area contributed by atoms with Crippen molar-refractivity contribution in [1.29, 1.82) is 0 Å². The summed E-state index contributed by atoms with van der Waals surface area (Å²) in [5, 5.41) is 0. The molecule has 0 saturated carbocycles. The van der Waals surface area contributed by atoms with E-state index in [1.807, 2.05) is 24.3 Å². The number of hydrogen-bond donors (Lipinski definition) is 0. The van der Waals surface area contributed by atoms with Gasteiger partial charge in [0.2, 0.25) is 0 Å². The predicted molar refractivity (Wildman–Crippen MR) is 100.0 cm³/mol. The van der Waals surface area contributed by atoms with Gasteiger partial charge in [-0.3, -0.25) is 4.79 Å². The zero-order chi connectivity index (χ0) is 19.2. The van der Waals surface area contributed by atoms with Crippen molar-refractivity contribution in [3.05, 3.63) is 59.7 Å². The molecule has 6 nitrogen and oxygen atoms in total. The van der Waals surface area contributed by atoms with Gasteiger partial charge in [-0.25, -0.2) is 4.79 Å². The molecule has 1 heterocycles. The Bertz CT molecular complexity index is 805. The molecule has 0 aromatic heterocycles. The molecule has 1 aliphatic rings. The molecule has 3 rings (SSSR count). The van der Waals surface area contributed by atoms with Crippen LogP contribution in [0, 0.1) is 0 Å². The highest BCUT2D eigenvalue weighted by atomic mass is 16.5. The lowest BCUT2D eigenvalue weighted by Gasteiger charge is -2.26. The van der Waals surface area contributed by atoms with Crippen molar-refractivity contribution in [2.75, 3.05) is 27.4 Å². The third kappa shape index (κ3) is 4.22. The molecular formula is C21H23NO5. The van der Waals surface area contributed by atoms with Crippen LogP contribution in [0.1, 0.15) is 34.8 Å². The van der Waals surface area contributed by atoms with Crippen LogP contribution in [-0.4, -0.2) is 44.1 Å². The van der Waals surface area contributed by atoms with E-state index < -0.39 is 5.97 Å². The summed E-state index contributed by atoms with van der Waals surface area (Å²) in [6, 6.07) is 14.1. The molecule has 0 spiro atoms. The number of carbonyl (C=O) groups excluding carboxylic acids is 2. The Kier molecular flexibility index (Phi) is 5.96. The maximum absolute atomic E-state index is 12.7. The van der Waals surface area contributed by atoms with Crippen molar-refractivity contribution in [3.63, 3.8) is 0 Å². The van der Waals surface area contributed by atoms with E-state index >= 15 is 0 Å². The Morgan fingerprint density at radius 2 is 1.85 bits per heavy atom. The normalized spacial score (nSPS) is 16.1. The second kappa shape index (κ2) is 8.58. The minimum Gasteiger partial charge on any atom is -0.497 e. The third-order valence-electron chi connectivity index (χ3n) is 4.71. The fourth-order valence-corrected chi connectivity index (χ4v) is 3.36. The molecule has 0 bridgehead atoms. The number of carbonyl (C=O) groups is 2. The number of benzene rings is 2. The van der Waals surface area contributed by atoms with Gasteiger partial charge >= 0.3 is 5.97 Å². The van der Waals surface area contributed by atoms with Crippen LogP contribution in [-0.2, 0) is 9.53 Å². The lowest BCUT2D eigenvalue weighted by Crippen LogP contribution is -2.34. The predicted octanol–water partition coefficient (Wildman–Crippen LogP) is 3.22. The number of ether oxygens (including phenoxy) is 3. The summed E-state index contributed by atoms with van der Waals surface area (Å²) in [5.74, 6) is 0.702. The van der Waals surface area contributed by atoms with Crippen LogP contribution in [0.25, 0.3) is 0 Å². The number of rotatable bonds is 6. The average Bonchev–Trinajstić information content (AvgIpc) is 3.21. The van der Waals surface area contributed by atoms with Crippen LogP contribution in [0.3, 0.4) is 0 Å². The molecule has 1 aliphatic heterocycles. The molecule has 0 N–H and O–H groups in total. The smallest absolute Gasteiger partial charge is 0.338 e. The van der Waals surface area contributed by atoms with Crippen molar-refractivity contribution < 1.29 is 23.8 Å². The fraction of sp³-hybridized carbons (Fsp3) is 0.333. The second-order valence-corrected chi connectivity index (χ2v) is 6.30. The summed E-state index contributed by atoms with van der Waals surface area (Å²) in [5.41, 5.74) is 1.33. The molecule has 2 aromatic carbocycles. The van der Waals surface area contributed by atoms with Gasteiger partial charge in [0.25, 0.3) is 5.91 Å². The van der Waals surface area contributed by atoms with E-state index in [-0.39, 0.29) is 18.6 Å². The van der Waals surface area contributed by atoms with E-state index in [1.54, 1.807) is 43.4 Å². The molecule has 0 aliphatic carbocycles. The van der Waals surface area contributed by atoms with E-state index in [0.29, 0.717) is 23.6 Å². The van der Waals surface area contributed by atoms with Gasteiger partial charge in [0.15, 0.2) is 6.61 Å². The molecular weight excluding hydrogens is 346 g/mol. The van der Waals surface area contributed by atoms with Crippen LogP contribution in [0.2, 0.25) is 0 Å². The van der Waals surface area contributed by atoms with Crippen LogP contribution in [0.15, 0.2) is 48.5 Å². The van der Waals surface area contributed by atoms with E-state index in [2.05, 4.69) is 0 Å². The molecule has 1 atom stereocenters. The topological polar surface area (TPSA) is 65.1 Å². The quantitative estimate of drug-likeness (QED) is 0.732. The van der Waals surface area contributed by atoms with Crippen LogP contribution < -0.4 is 9.47 Å². The number of nitrogens with zero attached hydrogens (tertiary/aromatic N) is 1. The maximum Gasteiger partial charge on any atom is 0.338 e. The third-order valence-corrected chi connectivity index (χ3v) is 4.71. The Morgan fingerprint density at radius 3 is 2.56 bits per heavy atom. The zero-order valence-corrected chi connectivity index (χ0v) is 15.5. The lowest BCUT2D eigenvalue weighted by molar-refractivity contribution is -0.135. The average molecular weight is 369 g/mol. The van der Waals surface area contributed by atoms with E-state index in [4.69, 9.17) is 14.2 Å². The number of likely N-dealkylation sites (tertiary alicyclic amines) is 1. The van der Waals surface area contributed by atoms with E-state index in [9.17, 15) is 9.59 Å². The first-order chi connectivity index (χ1) is 13.1. The lowest BCUT2D eigenvalue weighted by atomic mass is 10.0. The minimum atomic E-state index is -0.501. The molecule has 0 radical (unpaired) electrons. The van der Waals surface area contributed by atoms with Crippen molar-refractivity contribution in [3.8, 4) is 11.5 Å². The summed E-state index contributed by atoms with van der Waals surface area (Å²) in [6.07, 6.45) is 1.70. The van der Waals surface area contributed by atoms with Crippen molar-refractivity contribution in [2.45, 2.75) is 18.9 Å². The largest absolute Gasteiger partial charge is 0.497 e. The van der Waals surface area contributed by atoms with Gasteiger partial charge in [0.1, 0.15) is 11.5 Å². The number of amides is 1. The van der Waals surface area contributed by atoms with Crippen molar-refractivity contribution in [1.82, 2.24) is 4.90 Å². The van der Waals surface area contributed by atoms with Crippen molar-refractivity contribution >= 4 is 11.9 Å². The van der Waals surface area contributed by atoms with Gasteiger partial charge in [0.05, 0.1) is 25.8 Å². The number of esters is 1. The number of hydrogen-bond acceptors (Lipinski definition) is 5. The van der Waals surface area contributed by atoms with Crippen LogP contribution in [0.5, 0.6) is 11.5 Å². The molecule has 6 heteroatoms. The van der Waals surface area contributed by atoms with Crippen LogP contribution >= 0.6 is 0 Å². The molecule has 1 amide bonds. The molecule has 142 valence electrons. The summed E-state index contributed by atoms with van der Waals surface area (Å²) >= 11 is 0. The molecule has 1 fully saturated rings. The number of methoxy groups -OCH3 is 2. The van der Waals surface area contributed by atoms with Gasteiger partial charge in [-0.15, -0.1) is 0 Å². The summed E-state index contributed by atoms with van der Waals surface area (Å²) in [6.45, 7) is 0.337. The Hall–Kier alpha value is -3.02. The first-order valence-electron chi connectivity index (χ1n) is 8.87. The van der Waals surface area contributed by atoms with Gasteiger partial charge in [-0.2, -0.15) is 0 Å². The molecule has 1 saturated heterocycles. The first kappa shape index (κ1) is 18.8. The Labute approximate surface area is 158 Å². The van der Waals surface area contributed by atoms with Gasteiger partial charge < -0.3 is 19.1 Å². The molecule has 2 aromatic rings. The summed E-state index contributed by atoms with van der Waals surface area (Å²) in [4.78, 5) is 26.5. The molecule has 0 unspecified atom stereocenters. The van der Waals surface area contributed by atoms with Gasteiger partial charge in [0, 0.05) is 12.1 Å². The summed E-state index contributed by atoms with van der Waals surface area (Å²) < 4.78 is 16.0. The Morgan fingerprint density at radius 1 is 1.07 bits per heavy atom. The van der Waals surface area contributed by atoms with Crippen LogP contribution in [0.4, 0.5) is 0 Å². The SMILES string of the molecule is COc1ccc(OC)c([C@H]2CCCN2C(=O)COC(=O)c2ccccc2)c1. The van der Waals surface area contributed by atoms with E-state index in [1.165, 1.54) is 0 Å². The fourth-order valence-electron chi connectivity index (χ4n) is 3.36. The first-order valence-corrected chi connectivity index (χ1v) is 8.87. The minimum absolute atomic E-state index is 0.127. The monoisotopic (exact) mass is 369 g/mol. The highest BCUT2D eigenvalue weighted by Gasteiger charge is 2.32. The van der Waals surface area contributed by atoms with Crippen molar-refractivity contribution in [2.24, 2.45) is 0 Å².